The molecule has 1 heterocycles. The van der Waals surface area contributed by atoms with Crippen molar-refractivity contribution in [3.8, 4) is 11.5 Å². The molecule has 172 valence electrons. The first kappa shape index (κ1) is 23.5. The number of amides is 2. The predicted molar refractivity (Wildman–Crippen MR) is 132 cm³/mol. The van der Waals surface area contributed by atoms with Gasteiger partial charge in [0, 0.05) is 10.6 Å². The van der Waals surface area contributed by atoms with Gasteiger partial charge in [-0.05, 0) is 60.5 Å². The summed E-state index contributed by atoms with van der Waals surface area (Å²) in [5, 5.41) is 5.95. The monoisotopic (exact) mass is 494 g/mol. The predicted octanol–water partition coefficient (Wildman–Crippen LogP) is 6.02. The Morgan fingerprint density at radius 3 is 2.53 bits per heavy atom. The van der Waals surface area contributed by atoms with Gasteiger partial charge in [-0.2, -0.15) is 10.1 Å². The standard InChI is InChI=1S/C26H20Cl2N2O4/c1-16-21(26(32)30(29-16)25(31)19-8-4-3-5-9-19)12-18-13-22(28)24(23(14-18)33-2)34-15-17-7-6-10-20(27)11-17/h3-14H,15H2,1-2H3/b21-12+. The maximum Gasteiger partial charge on any atom is 0.283 e. The lowest BCUT2D eigenvalue weighted by Crippen LogP contribution is -2.29. The third-order valence-corrected chi connectivity index (χ3v) is 5.63. The maximum absolute atomic E-state index is 13.0. The highest BCUT2D eigenvalue weighted by Crippen LogP contribution is 2.38. The van der Waals surface area contributed by atoms with Crippen LogP contribution in [0.3, 0.4) is 0 Å². The minimum Gasteiger partial charge on any atom is -0.493 e. The van der Waals surface area contributed by atoms with Gasteiger partial charge in [-0.15, -0.1) is 0 Å². The number of halogens is 2. The van der Waals surface area contributed by atoms with Gasteiger partial charge in [0.15, 0.2) is 11.5 Å². The smallest absolute Gasteiger partial charge is 0.283 e. The number of benzene rings is 3. The van der Waals surface area contributed by atoms with E-state index >= 15 is 0 Å². The van der Waals surface area contributed by atoms with Crippen molar-refractivity contribution in [2.24, 2.45) is 5.10 Å². The van der Waals surface area contributed by atoms with Gasteiger partial charge < -0.3 is 9.47 Å². The summed E-state index contributed by atoms with van der Waals surface area (Å²) in [4.78, 5) is 25.7. The third kappa shape index (κ3) is 4.98. The van der Waals surface area contributed by atoms with Crippen LogP contribution in [0.5, 0.6) is 11.5 Å². The molecule has 0 radical (unpaired) electrons. The first-order valence-electron chi connectivity index (χ1n) is 10.3. The van der Waals surface area contributed by atoms with Crippen molar-refractivity contribution in [2.45, 2.75) is 13.5 Å². The third-order valence-electron chi connectivity index (χ3n) is 5.11. The zero-order valence-electron chi connectivity index (χ0n) is 18.4. The number of hydrogen-bond donors (Lipinski definition) is 0. The Labute approximate surface area is 207 Å². The van der Waals surface area contributed by atoms with E-state index in [0.717, 1.165) is 10.6 Å². The van der Waals surface area contributed by atoms with E-state index in [9.17, 15) is 9.59 Å². The van der Waals surface area contributed by atoms with Gasteiger partial charge in [0.25, 0.3) is 11.8 Å². The van der Waals surface area contributed by atoms with Gasteiger partial charge in [-0.25, -0.2) is 0 Å². The molecule has 0 aromatic heterocycles. The molecular weight excluding hydrogens is 475 g/mol. The molecule has 0 spiro atoms. The number of carbonyl (C=O) groups excluding carboxylic acids is 2. The van der Waals surface area contributed by atoms with Crippen LogP contribution in [0.2, 0.25) is 10.0 Å². The fraction of sp³-hybridized carbons (Fsp3) is 0.115. The number of carbonyl (C=O) groups is 2. The summed E-state index contributed by atoms with van der Waals surface area (Å²) in [5.41, 5.74) is 2.56. The normalized spacial score (nSPS) is 14.4. The van der Waals surface area contributed by atoms with Crippen LogP contribution in [0.1, 0.15) is 28.4 Å². The molecule has 3 aromatic rings. The number of hydrogen-bond acceptors (Lipinski definition) is 5. The van der Waals surface area contributed by atoms with Crippen LogP contribution < -0.4 is 9.47 Å². The Morgan fingerprint density at radius 2 is 1.82 bits per heavy atom. The molecule has 0 saturated carbocycles. The van der Waals surface area contributed by atoms with Gasteiger partial charge >= 0.3 is 0 Å². The molecule has 4 rings (SSSR count). The highest BCUT2D eigenvalue weighted by atomic mass is 35.5. The average molecular weight is 495 g/mol. The van der Waals surface area contributed by atoms with Gasteiger partial charge in [-0.3, -0.25) is 9.59 Å². The topological polar surface area (TPSA) is 68.2 Å². The Bertz CT molecular complexity index is 1320. The van der Waals surface area contributed by atoms with E-state index in [1.807, 2.05) is 12.1 Å². The number of ether oxygens (including phenoxy) is 2. The van der Waals surface area contributed by atoms with Crippen LogP contribution in [-0.2, 0) is 11.4 Å². The lowest BCUT2D eigenvalue weighted by Gasteiger charge is -2.14. The van der Waals surface area contributed by atoms with Crippen molar-refractivity contribution in [1.82, 2.24) is 5.01 Å². The van der Waals surface area contributed by atoms with Crippen LogP contribution in [0.25, 0.3) is 6.08 Å². The second-order valence-electron chi connectivity index (χ2n) is 7.48. The van der Waals surface area contributed by atoms with E-state index in [-0.39, 0.29) is 12.2 Å². The van der Waals surface area contributed by atoms with Crippen molar-refractivity contribution in [1.29, 1.82) is 0 Å². The number of hydrazone groups is 1. The van der Waals surface area contributed by atoms with Crippen LogP contribution in [0.4, 0.5) is 0 Å². The van der Waals surface area contributed by atoms with Crippen LogP contribution in [0, 0.1) is 0 Å². The van der Waals surface area contributed by atoms with Crippen LogP contribution in [0.15, 0.2) is 77.4 Å². The lowest BCUT2D eigenvalue weighted by molar-refractivity contribution is -0.123. The second kappa shape index (κ2) is 10.1. The van der Waals surface area contributed by atoms with E-state index in [1.54, 1.807) is 67.6 Å². The van der Waals surface area contributed by atoms with Gasteiger partial charge in [0.05, 0.1) is 23.4 Å². The molecule has 3 aromatic carbocycles. The molecule has 0 aliphatic carbocycles. The number of imide groups is 1. The van der Waals surface area contributed by atoms with Gasteiger partial charge in [0.1, 0.15) is 6.61 Å². The number of nitrogens with zero attached hydrogens (tertiary/aromatic N) is 2. The lowest BCUT2D eigenvalue weighted by atomic mass is 10.1. The Morgan fingerprint density at radius 1 is 1.06 bits per heavy atom. The molecule has 0 unspecified atom stereocenters. The molecule has 8 heteroatoms. The van der Waals surface area contributed by atoms with Gasteiger partial charge in [-0.1, -0.05) is 53.5 Å². The average Bonchev–Trinajstić information content (AvgIpc) is 3.11. The maximum atomic E-state index is 13.0. The van der Waals surface area contributed by atoms with E-state index < -0.39 is 11.8 Å². The van der Waals surface area contributed by atoms with E-state index in [1.165, 1.54) is 7.11 Å². The molecule has 0 saturated heterocycles. The summed E-state index contributed by atoms with van der Waals surface area (Å²) < 4.78 is 11.4. The van der Waals surface area contributed by atoms with Crippen molar-refractivity contribution in [2.75, 3.05) is 7.11 Å². The molecule has 0 N–H and O–H groups in total. The zero-order chi connectivity index (χ0) is 24.2. The number of rotatable bonds is 6. The Balaban J connectivity index is 1.58. The Kier molecular flexibility index (Phi) is 7.01. The Hall–Kier alpha value is -3.61. The quantitative estimate of drug-likeness (QED) is 0.310. The minimum atomic E-state index is -0.511. The first-order valence-corrected chi connectivity index (χ1v) is 11.1. The van der Waals surface area contributed by atoms with Gasteiger partial charge in [0.2, 0.25) is 0 Å². The van der Waals surface area contributed by atoms with E-state index in [4.69, 9.17) is 32.7 Å². The summed E-state index contributed by atoms with van der Waals surface area (Å²) in [6, 6.07) is 19.2. The summed E-state index contributed by atoms with van der Waals surface area (Å²) in [7, 11) is 1.50. The summed E-state index contributed by atoms with van der Waals surface area (Å²) in [6.07, 6.45) is 1.62. The largest absolute Gasteiger partial charge is 0.493 e. The van der Waals surface area contributed by atoms with Crippen molar-refractivity contribution in [3.63, 3.8) is 0 Å². The SMILES string of the molecule is COc1cc(/C=C2/C(=O)N(C(=O)c3ccccc3)N=C2C)cc(Cl)c1OCc1cccc(Cl)c1. The highest BCUT2D eigenvalue weighted by molar-refractivity contribution is 6.33. The van der Waals surface area contributed by atoms with E-state index in [0.29, 0.717) is 38.4 Å². The van der Waals surface area contributed by atoms with Crippen molar-refractivity contribution >= 4 is 46.8 Å². The molecule has 0 bridgehead atoms. The molecule has 1 aliphatic rings. The zero-order valence-corrected chi connectivity index (χ0v) is 19.9. The first-order chi connectivity index (χ1) is 16.4. The summed E-state index contributed by atoms with van der Waals surface area (Å²) >= 11 is 12.5. The number of methoxy groups -OCH3 is 1. The molecule has 0 atom stereocenters. The second-order valence-corrected chi connectivity index (χ2v) is 8.33. The van der Waals surface area contributed by atoms with Crippen molar-refractivity contribution < 1.29 is 19.1 Å². The van der Waals surface area contributed by atoms with Crippen molar-refractivity contribution in [3.05, 3.63) is 99.0 Å². The molecule has 0 fully saturated rings. The highest BCUT2D eigenvalue weighted by Gasteiger charge is 2.33. The molecule has 6 nitrogen and oxygen atoms in total. The van der Waals surface area contributed by atoms with E-state index in [2.05, 4.69) is 5.10 Å². The summed E-state index contributed by atoms with van der Waals surface area (Å²) in [6.45, 7) is 1.92. The van der Waals surface area contributed by atoms with Crippen LogP contribution >= 0.6 is 23.2 Å². The fourth-order valence-corrected chi connectivity index (χ4v) is 3.92. The minimum absolute atomic E-state index is 0.248. The molecule has 1 aliphatic heterocycles. The molecule has 2 amide bonds. The van der Waals surface area contributed by atoms with Crippen LogP contribution in [-0.4, -0.2) is 29.6 Å². The fourth-order valence-electron chi connectivity index (χ4n) is 3.44. The summed E-state index contributed by atoms with van der Waals surface area (Å²) in [5.74, 6) is -0.231. The molecule has 34 heavy (non-hydrogen) atoms. The molecular formula is C26H20Cl2N2O4.